The van der Waals surface area contributed by atoms with Crippen LogP contribution < -0.4 is 15.6 Å². The van der Waals surface area contributed by atoms with E-state index in [2.05, 4.69) is 29.4 Å². The molecule has 0 aliphatic heterocycles. The minimum atomic E-state index is -3.53. The van der Waals surface area contributed by atoms with Gasteiger partial charge in [-0.25, -0.2) is 13.1 Å². The number of amides is 2. The maximum absolute atomic E-state index is 12.5. The van der Waals surface area contributed by atoms with Crippen molar-refractivity contribution < 1.29 is 18.0 Å². The second-order valence-electron chi connectivity index (χ2n) is 7.46. The normalized spacial score (nSPS) is 20.3. The molecule has 0 radical (unpaired) electrons. The Hall–Kier alpha value is -1.93. The summed E-state index contributed by atoms with van der Waals surface area (Å²) in [6.07, 6.45) is 2.90. The number of hydrogen-bond acceptors (Lipinski definition) is 4. The summed E-state index contributed by atoms with van der Waals surface area (Å²) in [7, 11) is -3.53. The third-order valence-electron chi connectivity index (χ3n) is 5.00. The van der Waals surface area contributed by atoms with Crippen LogP contribution in [0.2, 0.25) is 0 Å². The second kappa shape index (κ2) is 9.32. The highest BCUT2D eigenvalue weighted by Crippen LogP contribution is 2.28. The molecule has 2 amide bonds. The van der Waals surface area contributed by atoms with Crippen LogP contribution in [-0.4, -0.2) is 26.8 Å². The van der Waals surface area contributed by atoms with Gasteiger partial charge in [-0.2, -0.15) is 0 Å². The molecule has 150 valence electrons. The number of hydrogen-bond donors (Lipinski definition) is 3. The number of nitrogens with one attached hydrogen (secondary N) is 3. The van der Waals surface area contributed by atoms with Gasteiger partial charge in [-0.05, 0) is 55.2 Å². The first-order chi connectivity index (χ1) is 12.7. The molecule has 0 unspecified atom stereocenters. The molecule has 1 fully saturated rings. The Labute approximate surface area is 161 Å². The first-order valence-corrected chi connectivity index (χ1v) is 10.8. The minimum Gasteiger partial charge on any atom is -0.274 e. The van der Waals surface area contributed by atoms with Crippen LogP contribution in [0.1, 0.15) is 57.9 Å². The number of carbonyl (C=O) groups excluding carboxylic acids is 2. The van der Waals surface area contributed by atoms with Crippen molar-refractivity contribution in [2.45, 2.75) is 57.3 Å². The van der Waals surface area contributed by atoms with Crippen molar-refractivity contribution in [3.05, 3.63) is 29.8 Å². The Morgan fingerprint density at radius 3 is 2.15 bits per heavy atom. The number of hydrazine groups is 1. The molecule has 2 rings (SSSR count). The highest BCUT2D eigenvalue weighted by atomic mass is 32.2. The summed E-state index contributed by atoms with van der Waals surface area (Å²) in [6, 6.07) is 6.97. The Morgan fingerprint density at radius 1 is 1.04 bits per heavy atom. The highest BCUT2D eigenvalue weighted by Gasteiger charge is 2.27. The summed E-state index contributed by atoms with van der Waals surface area (Å²) in [5.41, 5.74) is 5.81. The zero-order valence-electron chi connectivity index (χ0n) is 16.1. The molecule has 7 nitrogen and oxygen atoms in total. The van der Waals surface area contributed by atoms with E-state index in [1.165, 1.54) is 6.92 Å². The first-order valence-electron chi connectivity index (χ1n) is 9.35. The maximum Gasteiger partial charge on any atom is 0.241 e. The Balaban J connectivity index is 1.81. The second-order valence-corrected chi connectivity index (χ2v) is 9.23. The molecule has 0 heterocycles. The molecule has 1 saturated carbocycles. The predicted octanol–water partition coefficient (Wildman–Crippen LogP) is 2.06. The fourth-order valence-corrected chi connectivity index (χ4v) is 4.34. The van der Waals surface area contributed by atoms with Gasteiger partial charge < -0.3 is 0 Å². The first kappa shape index (κ1) is 21.4. The zero-order chi connectivity index (χ0) is 20.0. The summed E-state index contributed by atoms with van der Waals surface area (Å²) in [5.74, 6) is -0.0806. The van der Waals surface area contributed by atoms with Crippen molar-refractivity contribution in [2.75, 3.05) is 6.54 Å². The molecular weight excluding hydrogens is 366 g/mol. The number of carbonyl (C=O) groups is 2. The summed E-state index contributed by atoms with van der Waals surface area (Å²) >= 11 is 0. The van der Waals surface area contributed by atoms with E-state index in [9.17, 15) is 18.0 Å². The quantitative estimate of drug-likeness (QED) is 0.641. The van der Waals surface area contributed by atoms with Gasteiger partial charge in [0.15, 0.2) is 0 Å². The van der Waals surface area contributed by atoms with Gasteiger partial charge >= 0.3 is 0 Å². The fourth-order valence-electron chi connectivity index (χ4n) is 3.22. The minimum absolute atomic E-state index is 0.145. The fraction of sp³-hybridized carbons (Fsp3) is 0.579. The van der Waals surface area contributed by atoms with Crippen LogP contribution in [0, 0.1) is 11.8 Å². The maximum atomic E-state index is 12.5. The average Bonchev–Trinajstić information content (AvgIpc) is 2.65. The van der Waals surface area contributed by atoms with Crippen molar-refractivity contribution in [3.8, 4) is 0 Å². The molecular formula is C19H29N3O4S. The molecule has 1 aliphatic carbocycles. The Kier molecular flexibility index (Phi) is 7.38. The van der Waals surface area contributed by atoms with Gasteiger partial charge in [0, 0.05) is 19.4 Å². The monoisotopic (exact) mass is 395 g/mol. The van der Waals surface area contributed by atoms with Gasteiger partial charge in [-0.15, -0.1) is 0 Å². The molecule has 1 aromatic rings. The SMILES string of the molecule is CC(=O)NNC(=O)C1CCC(CNS(=O)(=O)c2ccc(C(C)C)cc2)CC1. The van der Waals surface area contributed by atoms with Gasteiger partial charge in [-0.1, -0.05) is 26.0 Å². The van der Waals surface area contributed by atoms with Crippen molar-refractivity contribution in [2.24, 2.45) is 11.8 Å². The summed E-state index contributed by atoms with van der Waals surface area (Å²) in [6.45, 7) is 5.83. The van der Waals surface area contributed by atoms with E-state index in [0.29, 0.717) is 25.3 Å². The van der Waals surface area contributed by atoms with Crippen LogP contribution in [0.25, 0.3) is 0 Å². The number of sulfonamides is 1. The van der Waals surface area contributed by atoms with E-state index in [0.717, 1.165) is 18.4 Å². The molecule has 27 heavy (non-hydrogen) atoms. The van der Waals surface area contributed by atoms with E-state index >= 15 is 0 Å². The van der Waals surface area contributed by atoms with Gasteiger partial charge in [0.1, 0.15) is 0 Å². The topological polar surface area (TPSA) is 104 Å². The van der Waals surface area contributed by atoms with Crippen LogP contribution in [0.4, 0.5) is 0 Å². The highest BCUT2D eigenvalue weighted by molar-refractivity contribution is 7.89. The molecule has 3 N–H and O–H groups in total. The van der Waals surface area contributed by atoms with Crippen molar-refractivity contribution in [1.82, 2.24) is 15.6 Å². The van der Waals surface area contributed by atoms with Gasteiger partial charge in [0.05, 0.1) is 4.90 Å². The number of rotatable bonds is 6. The lowest BCUT2D eigenvalue weighted by atomic mass is 9.82. The summed E-state index contributed by atoms with van der Waals surface area (Å²) in [5, 5.41) is 0. The van der Waals surface area contributed by atoms with Crippen LogP contribution in [0.5, 0.6) is 0 Å². The van der Waals surface area contributed by atoms with Crippen LogP contribution in [-0.2, 0) is 19.6 Å². The van der Waals surface area contributed by atoms with E-state index in [1.807, 2.05) is 12.1 Å². The largest absolute Gasteiger partial charge is 0.274 e. The van der Waals surface area contributed by atoms with Gasteiger partial charge in [0.25, 0.3) is 0 Å². The average molecular weight is 396 g/mol. The molecule has 0 atom stereocenters. The van der Waals surface area contributed by atoms with Gasteiger partial charge in [-0.3, -0.25) is 20.4 Å². The molecule has 1 aromatic carbocycles. The molecule has 8 heteroatoms. The lowest BCUT2D eigenvalue weighted by Crippen LogP contribution is -2.44. The van der Waals surface area contributed by atoms with Crippen molar-refractivity contribution in [1.29, 1.82) is 0 Å². The van der Waals surface area contributed by atoms with Crippen LogP contribution in [0.3, 0.4) is 0 Å². The number of benzene rings is 1. The van der Waals surface area contributed by atoms with E-state index < -0.39 is 10.0 Å². The molecule has 0 saturated heterocycles. The summed E-state index contributed by atoms with van der Waals surface area (Å²) in [4.78, 5) is 23.1. The van der Waals surface area contributed by atoms with Crippen LogP contribution >= 0.6 is 0 Å². The molecule has 0 aromatic heterocycles. The van der Waals surface area contributed by atoms with E-state index in [1.54, 1.807) is 12.1 Å². The molecule has 0 spiro atoms. The van der Waals surface area contributed by atoms with Crippen molar-refractivity contribution in [3.63, 3.8) is 0 Å². The smallest absolute Gasteiger partial charge is 0.241 e. The summed E-state index contributed by atoms with van der Waals surface area (Å²) < 4.78 is 27.6. The van der Waals surface area contributed by atoms with E-state index in [4.69, 9.17) is 0 Å². The third-order valence-corrected chi connectivity index (χ3v) is 6.44. The lowest BCUT2D eigenvalue weighted by molar-refractivity contribution is -0.131. The van der Waals surface area contributed by atoms with E-state index in [-0.39, 0.29) is 28.5 Å². The zero-order valence-corrected chi connectivity index (χ0v) is 16.9. The lowest BCUT2D eigenvalue weighted by Gasteiger charge is -2.27. The van der Waals surface area contributed by atoms with Gasteiger partial charge in [0.2, 0.25) is 21.8 Å². The van der Waals surface area contributed by atoms with Crippen LogP contribution in [0.15, 0.2) is 29.2 Å². The molecule has 1 aliphatic rings. The Bertz CT molecular complexity index is 752. The Morgan fingerprint density at radius 2 is 1.63 bits per heavy atom. The standard InChI is InChI=1S/C19H29N3O4S/c1-13(2)16-8-10-18(11-9-16)27(25,26)20-12-15-4-6-17(7-5-15)19(24)22-21-14(3)23/h8-11,13,15,17,20H,4-7,12H2,1-3H3,(H,21,23)(H,22,24). The van der Waals surface area contributed by atoms with Crippen molar-refractivity contribution >= 4 is 21.8 Å². The molecule has 0 bridgehead atoms. The third kappa shape index (κ3) is 6.32. The predicted molar refractivity (Wildman–Crippen MR) is 103 cm³/mol.